The van der Waals surface area contributed by atoms with E-state index in [0.29, 0.717) is 24.0 Å². The number of benzene rings is 1. The van der Waals surface area contributed by atoms with E-state index in [9.17, 15) is 8.78 Å². The van der Waals surface area contributed by atoms with Crippen molar-refractivity contribution in [2.24, 2.45) is 0 Å². The molecule has 0 spiro atoms. The Kier molecular flexibility index (Phi) is 3.77. The van der Waals surface area contributed by atoms with E-state index in [1.165, 1.54) is 12.1 Å². The second kappa shape index (κ2) is 5.11. The van der Waals surface area contributed by atoms with Gasteiger partial charge in [-0.2, -0.15) is 0 Å². The van der Waals surface area contributed by atoms with E-state index in [0.717, 1.165) is 25.5 Å². The van der Waals surface area contributed by atoms with E-state index in [1.54, 1.807) is 0 Å². The van der Waals surface area contributed by atoms with Crippen molar-refractivity contribution in [2.45, 2.75) is 25.4 Å². The van der Waals surface area contributed by atoms with Gasteiger partial charge in [0.1, 0.15) is 11.6 Å². The smallest absolute Gasteiger partial charge is 0.126 e. The molecule has 2 rings (SSSR count). The summed E-state index contributed by atoms with van der Waals surface area (Å²) in [7, 11) is 0. The van der Waals surface area contributed by atoms with Gasteiger partial charge in [-0.15, -0.1) is 11.6 Å². The van der Waals surface area contributed by atoms with Gasteiger partial charge in [-0.3, -0.25) is 4.90 Å². The fourth-order valence-electron chi connectivity index (χ4n) is 1.88. The average Bonchev–Trinajstić information content (AvgIpc) is 2.98. The van der Waals surface area contributed by atoms with Crippen molar-refractivity contribution < 1.29 is 8.78 Å². The highest BCUT2D eigenvalue weighted by atomic mass is 35.5. The Morgan fingerprint density at radius 2 is 1.81 bits per heavy atom. The topological polar surface area (TPSA) is 3.24 Å². The van der Waals surface area contributed by atoms with E-state index >= 15 is 0 Å². The van der Waals surface area contributed by atoms with Crippen molar-refractivity contribution in [3.63, 3.8) is 0 Å². The second-order valence-corrected chi connectivity index (χ2v) is 4.55. The number of alkyl halides is 1. The van der Waals surface area contributed by atoms with Gasteiger partial charge in [0.25, 0.3) is 0 Å². The summed E-state index contributed by atoms with van der Waals surface area (Å²) in [6.07, 6.45) is 2.32. The number of halogens is 3. The molecule has 0 N–H and O–H groups in total. The van der Waals surface area contributed by atoms with E-state index in [1.807, 2.05) is 0 Å². The average molecular weight is 246 g/mol. The van der Waals surface area contributed by atoms with Crippen LogP contribution in [0.3, 0.4) is 0 Å². The summed E-state index contributed by atoms with van der Waals surface area (Å²) in [5.41, 5.74) is 0.675. The lowest BCUT2D eigenvalue weighted by Crippen LogP contribution is -2.27. The minimum atomic E-state index is -0.517. The Labute approximate surface area is 99.0 Å². The van der Waals surface area contributed by atoms with Crippen LogP contribution in [0.5, 0.6) is 0 Å². The zero-order valence-corrected chi connectivity index (χ0v) is 9.68. The van der Waals surface area contributed by atoms with Crippen LogP contribution in [-0.4, -0.2) is 23.4 Å². The van der Waals surface area contributed by atoms with Crippen molar-refractivity contribution in [1.82, 2.24) is 4.90 Å². The molecule has 0 heterocycles. The first kappa shape index (κ1) is 11.8. The van der Waals surface area contributed by atoms with Crippen LogP contribution in [0.15, 0.2) is 18.2 Å². The molecule has 16 heavy (non-hydrogen) atoms. The van der Waals surface area contributed by atoms with Gasteiger partial charge in [-0.05, 0) is 30.5 Å². The predicted molar refractivity (Wildman–Crippen MR) is 60.5 cm³/mol. The van der Waals surface area contributed by atoms with Crippen molar-refractivity contribution in [2.75, 3.05) is 12.4 Å². The minimum Gasteiger partial charge on any atom is -0.295 e. The Hall–Kier alpha value is -0.670. The van der Waals surface area contributed by atoms with Crippen LogP contribution < -0.4 is 0 Å². The second-order valence-electron chi connectivity index (χ2n) is 4.17. The first-order valence-corrected chi connectivity index (χ1v) is 5.97. The first-order chi connectivity index (χ1) is 7.69. The number of nitrogens with zero attached hydrogens (tertiary/aromatic N) is 1. The van der Waals surface area contributed by atoms with E-state index in [4.69, 9.17) is 11.6 Å². The van der Waals surface area contributed by atoms with Crippen molar-refractivity contribution in [3.8, 4) is 0 Å². The quantitative estimate of drug-likeness (QED) is 0.721. The maximum atomic E-state index is 13.0. The lowest BCUT2D eigenvalue weighted by Gasteiger charge is -2.20. The Balaban J connectivity index is 2.05. The third-order valence-corrected chi connectivity index (χ3v) is 2.91. The SMILES string of the molecule is Fc1cc(F)cc(CN(CCCl)C2CC2)c1. The molecule has 1 aliphatic rings. The molecule has 1 aliphatic carbocycles. The van der Waals surface area contributed by atoms with Crippen LogP contribution in [0.25, 0.3) is 0 Å². The summed E-state index contributed by atoms with van der Waals surface area (Å²) in [4.78, 5) is 2.18. The molecule has 1 nitrogen and oxygen atoms in total. The Morgan fingerprint density at radius 3 is 2.31 bits per heavy atom. The van der Waals surface area contributed by atoms with Crippen molar-refractivity contribution in [3.05, 3.63) is 35.4 Å². The van der Waals surface area contributed by atoms with Crippen LogP contribution in [0.1, 0.15) is 18.4 Å². The summed E-state index contributed by atoms with van der Waals surface area (Å²) < 4.78 is 26.0. The maximum absolute atomic E-state index is 13.0. The van der Waals surface area contributed by atoms with Gasteiger partial charge in [0.15, 0.2) is 0 Å². The van der Waals surface area contributed by atoms with Gasteiger partial charge in [0.2, 0.25) is 0 Å². The summed E-state index contributed by atoms with van der Waals surface area (Å²) >= 11 is 5.71. The van der Waals surface area contributed by atoms with Gasteiger partial charge in [0.05, 0.1) is 0 Å². The number of rotatable bonds is 5. The molecule has 1 aromatic rings. The molecule has 1 saturated carbocycles. The zero-order chi connectivity index (χ0) is 11.5. The lowest BCUT2D eigenvalue weighted by molar-refractivity contribution is 0.270. The number of hydrogen-bond donors (Lipinski definition) is 0. The van der Waals surface area contributed by atoms with Gasteiger partial charge in [0, 0.05) is 31.1 Å². The predicted octanol–water partition coefficient (Wildman–Crippen LogP) is 3.17. The molecule has 0 unspecified atom stereocenters. The van der Waals surface area contributed by atoms with Crippen LogP contribution in [-0.2, 0) is 6.54 Å². The molecule has 1 aromatic carbocycles. The summed E-state index contributed by atoms with van der Waals surface area (Å²) in [6, 6.07) is 4.20. The van der Waals surface area contributed by atoms with Crippen LogP contribution in [0.2, 0.25) is 0 Å². The van der Waals surface area contributed by atoms with E-state index in [2.05, 4.69) is 4.90 Å². The molecule has 0 bridgehead atoms. The summed E-state index contributed by atoms with van der Waals surface area (Å²) in [5.74, 6) is -0.484. The molecule has 0 saturated heterocycles. The van der Waals surface area contributed by atoms with Gasteiger partial charge < -0.3 is 0 Å². The van der Waals surface area contributed by atoms with Gasteiger partial charge in [-0.1, -0.05) is 0 Å². The highest BCUT2D eigenvalue weighted by Crippen LogP contribution is 2.28. The lowest BCUT2D eigenvalue weighted by atomic mass is 10.2. The third kappa shape index (κ3) is 3.16. The van der Waals surface area contributed by atoms with Crippen LogP contribution >= 0.6 is 11.6 Å². The Morgan fingerprint density at radius 1 is 1.19 bits per heavy atom. The molecule has 1 fully saturated rings. The minimum absolute atomic E-state index is 0.517. The highest BCUT2D eigenvalue weighted by molar-refractivity contribution is 6.18. The zero-order valence-electron chi connectivity index (χ0n) is 8.93. The Bertz CT molecular complexity index is 346. The largest absolute Gasteiger partial charge is 0.295 e. The standard InChI is InChI=1S/C12H14ClF2N/c13-3-4-16(12-1-2-12)8-9-5-10(14)7-11(15)6-9/h5-7,12H,1-4,8H2. The monoisotopic (exact) mass is 245 g/mol. The molecule has 4 heteroatoms. The first-order valence-electron chi connectivity index (χ1n) is 5.44. The number of hydrogen-bond acceptors (Lipinski definition) is 1. The van der Waals surface area contributed by atoms with Crippen LogP contribution in [0.4, 0.5) is 8.78 Å². The highest BCUT2D eigenvalue weighted by Gasteiger charge is 2.28. The molecule has 0 aromatic heterocycles. The van der Waals surface area contributed by atoms with E-state index < -0.39 is 11.6 Å². The molecule has 0 amide bonds. The molecule has 0 radical (unpaired) electrons. The third-order valence-electron chi connectivity index (χ3n) is 2.74. The maximum Gasteiger partial charge on any atom is 0.126 e. The molecular weight excluding hydrogens is 232 g/mol. The van der Waals surface area contributed by atoms with E-state index in [-0.39, 0.29) is 0 Å². The van der Waals surface area contributed by atoms with Gasteiger partial charge in [-0.25, -0.2) is 8.78 Å². The van der Waals surface area contributed by atoms with Gasteiger partial charge >= 0.3 is 0 Å². The molecule has 88 valence electrons. The summed E-state index contributed by atoms with van der Waals surface area (Å²) in [6.45, 7) is 1.34. The molecule has 0 aliphatic heterocycles. The molecule has 0 atom stereocenters. The van der Waals surface area contributed by atoms with Crippen molar-refractivity contribution >= 4 is 11.6 Å². The van der Waals surface area contributed by atoms with Crippen molar-refractivity contribution in [1.29, 1.82) is 0 Å². The summed E-state index contributed by atoms with van der Waals surface area (Å²) in [5, 5.41) is 0. The molecular formula is C12H14ClF2N. The fourth-order valence-corrected chi connectivity index (χ4v) is 2.09. The normalized spacial score (nSPS) is 15.8. The van der Waals surface area contributed by atoms with Crippen LogP contribution in [0, 0.1) is 11.6 Å². The fraction of sp³-hybridized carbons (Fsp3) is 0.500.